The predicted octanol–water partition coefficient (Wildman–Crippen LogP) is 5.30. The number of carbonyl (C=O) groups excluding carboxylic acids is 2. The van der Waals surface area contributed by atoms with Crippen LogP contribution in [0.5, 0.6) is 0 Å². The van der Waals surface area contributed by atoms with Gasteiger partial charge in [-0.3, -0.25) is 4.79 Å². The Morgan fingerprint density at radius 2 is 2.00 bits per heavy atom. The molecule has 2 amide bonds. The Morgan fingerprint density at radius 1 is 1.24 bits per heavy atom. The normalized spacial score (nSPS) is 16.9. The van der Waals surface area contributed by atoms with E-state index in [1.54, 1.807) is 26.0 Å². The summed E-state index contributed by atoms with van der Waals surface area (Å²) in [6.45, 7) is 6.48. The van der Waals surface area contributed by atoms with Gasteiger partial charge in [0, 0.05) is 23.1 Å². The summed E-state index contributed by atoms with van der Waals surface area (Å²) in [5.41, 5.74) is 0.374. The lowest BCUT2D eigenvalue weighted by Crippen LogP contribution is -2.41. The van der Waals surface area contributed by atoms with Crippen LogP contribution < -0.4 is 10.6 Å². The number of benzene rings is 1. The quantitative estimate of drug-likeness (QED) is 0.518. The van der Waals surface area contributed by atoms with Gasteiger partial charge in [-0.05, 0) is 44.0 Å². The van der Waals surface area contributed by atoms with Crippen LogP contribution in [0.4, 0.5) is 29.3 Å². The number of aromatic nitrogens is 2. The van der Waals surface area contributed by atoms with Gasteiger partial charge in [0.25, 0.3) is 0 Å². The van der Waals surface area contributed by atoms with E-state index in [1.165, 1.54) is 18.3 Å². The number of halogens is 3. The minimum atomic E-state index is -4.57. The summed E-state index contributed by atoms with van der Waals surface area (Å²) in [7, 11) is 0. The topological polar surface area (TPSA) is 102 Å². The number of hydrogen-bond acceptors (Lipinski definition) is 6. The number of alkyl halides is 3. The fourth-order valence-electron chi connectivity index (χ4n) is 4.12. The van der Waals surface area contributed by atoms with Crippen molar-refractivity contribution in [2.24, 2.45) is 5.41 Å². The van der Waals surface area contributed by atoms with Crippen LogP contribution in [-0.2, 0) is 26.9 Å². The summed E-state index contributed by atoms with van der Waals surface area (Å²) in [6, 6.07) is 3.03. The highest BCUT2D eigenvalue weighted by molar-refractivity contribution is 6.01. The minimum Gasteiger partial charge on any atom is -0.490 e. The number of anilines is 2. The van der Waals surface area contributed by atoms with E-state index in [4.69, 9.17) is 9.47 Å². The monoisotopic (exact) mass is 516 g/mol. The summed E-state index contributed by atoms with van der Waals surface area (Å²) < 4.78 is 51.7. The van der Waals surface area contributed by atoms with E-state index in [9.17, 15) is 22.8 Å². The number of carbonyl (C=O) groups is 2. The second kappa shape index (κ2) is 10.3. The molecule has 1 aromatic heterocycles. The molecule has 0 radical (unpaired) electrons. The third-order valence-corrected chi connectivity index (χ3v) is 6.05. The fraction of sp³-hybridized carbons (Fsp3) is 0.385. The Labute approximate surface area is 212 Å². The molecule has 0 saturated carbocycles. The molecule has 1 aliphatic carbocycles. The van der Waals surface area contributed by atoms with Crippen molar-refractivity contribution in [3.05, 3.63) is 65.0 Å². The van der Waals surface area contributed by atoms with Crippen LogP contribution in [0, 0.1) is 12.3 Å². The van der Waals surface area contributed by atoms with Crippen molar-refractivity contribution >= 4 is 28.8 Å². The average Bonchev–Trinajstić information content (AvgIpc) is 2.81. The van der Waals surface area contributed by atoms with Crippen LogP contribution in [0.2, 0.25) is 0 Å². The molecule has 0 bridgehead atoms. The van der Waals surface area contributed by atoms with Crippen LogP contribution in [0.15, 0.2) is 42.3 Å². The maximum Gasteiger partial charge on any atom is 0.416 e. The second-order valence-electron chi connectivity index (χ2n) is 9.35. The Morgan fingerprint density at radius 3 is 2.62 bits per heavy atom. The summed E-state index contributed by atoms with van der Waals surface area (Å²) in [6.07, 6.45) is 0.485. The van der Waals surface area contributed by atoms with Gasteiger partial charge in [-0.2, -0.15) is 13.2 Å². The van der Waals surface area contributed by atoms with E-state index in [2.05, 4.69) is 20.6 Å². The number of rotatable bonds is 7. The summed E-state index contributed by atoms with van der Waals surface area (Å²) in [4.78, 5) is 33.1. The Kier molecular flexibility index (Phi) is 7.35. The Bertz CT molecular complexity index is 1280. The number of amides is 2. The number of nitrogens with zero attached hydrogens (tertiary/aromatic N) is 2. The maximum absolute atomic E-state index is 13.7. The lowest BCUT2D eigenvalue weighted by atomic mass is 9.80. The molecule has 8 nitrogen and oxygen atoms in total. The molecule has 1 aromatic carbocycles. The van der Waals surface area contributed by atoms with Crippen molar-refractivity contribution in [3.63, 3.8) is 0 Å². The number of aryl methyl sites for hydroxylation is 1. The van der Waals surface area contributed by atoms with Crippen molar-refractivity contribution < 1.29 is 32.2 Å². The van der Waals surface area contributed by atoms with Crippen molar-refractivity contribution in [2.45, 2.75) is 39.8 Å². The first-order chi connectivity index (χ1) is 17.5. The maximum atomic E-state index is 13.7. The van der Waals surface area contributed by atoms with E-state index >= 15 is 0 Å². The molecule has 1 fully saturated rings. The van der Waals surface area contributed by atoms with Gasteiger partial charge >= 0.3 is 12.2 Å². The molecule has 0 spiro atoms. The van der Waals surface area contributed by atoms with Gasteiger partial charge in [-0.1, -0.05) is 19.1 Å². The van der Waals surface area contributed by atoms with Gasteiger partial charge in [0.05, 0.1) is 43.0 Å². The molecule has 2 heterocycles. The second-order valence-corrected chi connectivity index (χ2v) is 9.35. The number of Topliss-reactive ketones (excluding diaryl/α,β-unsaturated/α-hetero) is 1. The minimum absolute atomic E-state index is 0.00407. The number of allylic oxidation sites excluding steroid dienone is 4. The summed E-state index contributed by atoms with van der Waals surface area (Å²) in [5.74, 6) is 0.455. The molecule has 196 valence electrons. The third kappa shape index (κ3) is 6.16. The molecule has 1 saturated heterocycles. The largest absolute Gasteiger partial charge is 0.490 e. The summed E-state index contributed by atoms with van der Waals surface area (Å²) in [5, 5.41) is 5.01. The van der Waals surface area contributed by atoms with Crippen molar-refractivity contribution in [2.75, 3.05) is 30.5 Å². The van der Waals surface area contributed by atoms with E-state index in [-0.39, 0.29) is 46.7 Å². The lowest BCUT2D eigenvalue weighted by Gasteiger charge is -2.38. The molecule has 4 rings (SSSR count). The van der Waals surface area contributed by atoms with Gasteiger partial charge < -0.3 is 20.1 Å². The zero-order valence-electron chi connectivity index (χ0n) is 20.7. The smallest absolute Gasteiger partial charge is 0.416 e. The van der Waals surface area contributed by atoms with Gasteiger partial charge in [0.1, 0.15) is 0 Å². The van der Waals surface area contributed by atoms with Crippen LogP contribution in [0.25, 0.3) is 5.57 Å². The van der Waals surface area contributed by atoms with Crippen molar-refractivity contribution in [1.29, 1.82) is 0 Å². The predicted molar refractivity (Wildman–Crippen MR) is 131 cm³/mol. The number of urea groups is 1. The van der Waals surface area contributed by atoms with Crippen LogP contribution in [0.1, 0.15) is 42.9 Å². The highest BCUT2D eigenvalue weighted by Crippen LogP contribution is 2.39. The van der Waals surface area contributed by atoms with E-state index in [1.807, 2.05) is 6.92 Å². The van der Waals surface area contributed by atoms with Crippen LogP contribution in [-0.4, -0.2) is 41.6 Å². The molecule has 37 heavy (non-hydrogen) atoms. The molecule has 2 aromatic rings. The average molecular weight is 517 g/mol. The van der Waals surface area contributed by atoms with Crippen molar-refractivity contribution in [3.8, 4) is 0 Å². The highest BCUT2D eigenvalue weighted by Gasteiger charge is 2.39. The molecular weight excluding hydrogens is 489 g/mol. The van der Waals surface area contributed by atoms with E-state index < -0.39 is 17.8 Å². The Hall–Kier alpha value is -3.73. The van der Waals surface area contributed by atoms with Crippen LogP contribution in [0.3, 0.4) is 0 Å². The first kappa shape index (κ1) is 26.3. The Balaban J connectivity index is 1.46. The number of hydrogen-bond donors (Lipinski definition) is 2. The molecule has 11 heteroatoms. The van der Waals surface area contributed by atoms with E-state index in [0.717, 1.165) is 6.07 Å². The van der Waals surface area contributed by atoms with Gasteiger partial charge in [0.2, 0.25) is 5.78 Å². The molecular formula is C26H27F3N4O4. The van der Waals surface area contributed by atoms with Gasteiger partial charge in [-0.25, -0.2) is 14.8 Å². The highest BCUT2D eigenvalue weighted by atomic mass is 19.4. The SMILES string of the molecule is CCOC1=CC(c2ncc(NC(=O)Nc3ccc(CC4(C)COC4)c(C(F)(F)F)c3)c(C)n2)=CCC1=O. The van der Waals surface area contributed by atoms with Gasteiger partial charge in [0.15, 0.2) is 11.6 Å². The third-order valence-electron chi connectivity index (χ3n) is 6.05. The standard InChI is InChI=1S/C26H27F3N4O4/c1-4-37-22-9-16(6-8-21(22)34)23-30-12-20(15(2)31-23)33-24(35)32-18-7-5-17(11-25(3)13-36-14-25)19(10-18)26(27,28)29/h5-7,9-10,12H,4,8,11,13-14H2,1-3H3,(H2,32,33,35). The molecule has 2 aliphatic rings. The zero-order valence-corrected chi connectivity index (χ0v) is 20.7. The zero-order chi connectivity index (χ0) is 26.8. The molecule has 0 unspecified atom stereocenters. The molecule has 0 atom stereocenters. The number of ether oxygens (including phenoxy) is 2. The first-order valence-electron chi connectivity index (χ1n) is 11.8. The van der Waals surface area contributed by atoms with E-state index in [0.29, 0.717) is 36.9 Å². The molecule has 1 aliphatic heterocycles. The van der Waals surface area contributed by atoms with Crippen LogP contribution >= 0.6 is 0 Å². The van der Waals surface area contributed by atoms with Crippen molar-refractivity contribution in [1.82, 2.24) is 9.97 Å². The first-order valence-corrected chi connectivity index (χ1v) is 11.8. The fourth-order valence-corrected chi connectivity index (χ4v) is 4.12. The number of ketones is 1. The number of nitrogens with one attached hydrogen (secondary N) is 2. The van der Waals surface area contributed by atoms with Gasteiger partial charge in [-0.15, -0.1) is 0 Å². The lowest BCUT2D eigenvalue weighted by molar-refractivity contribution is -0.139. The molecule has 2 N–H and O–H groups in total. The summed E-state index contributed by atoms with van der Waals surface area (Å²) >= 11 is 0.